The van der Waals surface area contributed by atoms with E-state index in [1.807, 2.05) is 0 Å². The molecule has 0 bridgehead atoms. The largest absolute Gasteiger partial charge is 0.336 e. The molecule has 4 nitrogen and oxygen atoms in total. The lowest BCUT2D eigenvalue weighted by atomic mass is 10.0. The number of nitrogens with one attached hydrogen (secondary N) is 1. The highest BCUT2D eigenvalue weighted by Crippen LogP contribution is 2.21. The van der Waals surface area contributed by atoms with Gasteiger partial charge in [-0.05, 0) is 37.0 Å². The van der Waals surface area contributed by atoms with Gasteiger partial charge in [0.2, 0.25) is 11.8 Å². The van der Waals surface area contributed by atoms with E-state index in [-0.39, 0.29) is 18.4 Å². The second-order valence-corrected chi connectivity index (χ2v) is 5.49. The van der Waals surface area contributed by atoms with Gasteiger partial charge in [-0.3, -0.25) is 9.59 Å². The molecular formula is C18H20N2O2. The number of amides is 2. The average molecular weight is 296 g/mol. The van der Waals surface area contributed by atoms with Crippen LogP contribution in [0.2, 0.25) is 0 Å². The molecule has 0 aliphatic heterocycles. The molecule has 1 aromatic rings. The monoisotopic (exact) mass is 296 g/mol. The van der Waals surface area contributed by atoms with Gasteiger partial charge in [-0.2, -0.15) is 0 Å². The summed E-state index contributed by atoms with van der Waals surface area (Å²) in [7, 11) is 1.65. The lowest BCUT2D eigenvalue weighted by Gasteiger charge is -2.18. The van der Waals surface area contributed by atoms with Crippen LogP contribution >= 0.6 is 0 Å². The van der Waals surface area contributed by atoms with Crippen molar-refractivity contribution in [3.63, 3.8) is 0 Å². The van der Waals surface area contributed by atoms with Crippen LogP contribution in [0.25, 0.3) is 0 Å². The number of benzene rings is 1. The highest BCUT2D eigenvalue weighted by molar-refractivity contribution is 5.94. The topological polar surface area (TPSA) is 49.4 Å². The SMILES string of the molecule is C#Cc1cccc(NC(=O)CN(C)C(=O)CC2C=CCC2)c1. The van der Waals surface area contributed by atoms with E-state index < -0.39 is 0 Å². The van der Waals surface area contributed by atoms with Gasteiger partial charge in [-0.15, -0.1) is 6.42 Å². The number of carbonyl (C=O) groups excluding carboxylic acids is 2. The summed E-state index contributed by atoms with van der Waals surface area (Å²) < 4.78 is 0. The normalized spacial score (nSPS) is 16.1. The predicted octanol–water partition coefficient (Wildman–Crippen LogP) is 2.42. The molecule has 0 spiro atoms. The van der Waals surface area contributed by atoms with Gasteiger partial charge in [0.05, 0.1) is 6.54 Å². The zero-order chi connectivity index (χ0) is 15.9. The first-order chi connectivity index (χ1) is 10.6. The Bertz CT molecular complexity index is 628. The minimum absolute atomic E-state index is 0.0101. The van der Waals surface area contributed by atoms with Crippen LogP contribution in [0.4, 0.5) is 5.69 Å². The van der Waals surface area contributed by atoms with Crippen molar-refractivity contribution in [2.45, 2.75) is 19.3 Å². The van der Waals surface area contributed by atoms with Crippen LogP contribution in [0, 0.1) is 18.3 Å². The third kappa shape index (κ3) is 4.49. The van der Waals surface area contributed by atoms with Crippen LogP contribution < -0.4 is 5.32 Å². The summed E-state index contributed by atoms with van der Waals surface area (Å²) in [4.78, 5) is 25.5. The second-order valence-electron chi connectivity index (χ2n) is 5.49. The molecule has 114 valence electrons. The van der Waals surface area contributed by atoms with Crippen molar-refractivity contribution in [2.24, 2.45) is 5.92 Å². The summed E-state index contributed by atoms with van der Waals surface area (Å²) >= 11 is 0. The molecule has 1 atom stereocenters. The van der Waals surface area contributed by atoms with Crippen molar-refractivity contribution in [3.8, 4) is 12.3 Å². The van der Waals surface area contributed by atoms with Crippen LogP contribution in [-0.4, -0.2) is 30.3 Å². The van der Waals surface area contributed by atoms with Crippen molar-refractivity contribution in [1.29, 1.82) is 0 Å². The number of allylic oxidation sites excluding steroid dienone is 2. The third-order valence-corrected chi connectivity index (χ3v) is 3.67. The van der Waals surface area contributed by atoms with Gasteiger partial charge in [0.1, 0.15) is 0 Å². The molecule has 1 N–H and O–H groups in total. The minimum Gasteiger partial charge on any atom is -0.336 e. The van der Waals surface area contributed by atoms with E-state index in [0.717, 1.165) is 12.8 Å². The zero-order valence-corrected chi connectivity index (χ0v) is 12.7. The second kappa shape index (κ2) is 7.46. The smallest absolute Gasteiger partial charge is 0.243 e. The summed E-state index contributed by atoms with van der Waals surface area (Å²) in [5.41, 5.74) is 1.34. The van der Waals surface area contributed by atoms with Crippen molar-refractivity contribution >= 4 is 17.5 Å². The molecule has 2 amide bonds. The molecular weight excluding hydrogens is 276 g/mol. The Morgan fingerprint density at radius 3 is 2.95 bits per heavy atom. The summed E-state index contributed by atoms with van der Waals surface area (Å²) in [6.45, 7) is 0.0373. The van der Waals surface area contributed by atoms with Crippen LogP contribution in [0.3, 0.4) is 0 Å². The lowest BCUT2D eigenvalue weighted by molar-refractivity contribution is -0.133. The fraction of sp³-hybridized carbons (Fsp3) is 0.333. The van der Waals surface area contributed by atoms with Gasteiger partial charge in [0, 0.05) is 24.7 Å². The minimum atomic E-state index is -0.230. The Balaban J connectivity index is 1.83. The Kier molecular flexibility index (Phi) is 5.37. The first kappa shape index (κ1) is 15.8. The Morgan fingerprint density at radius 1 is 1.45 bits per heavy atom. The zero-order valence-electron chi connectivity index (χ0n) is 12.7. The molecule has 1 aliphatic rings. The Hall–Kier alpha value is -2.54. The number of nitrogens with zero attached hydrogens (tertiary/aromatic N) is 1. The fourth-order valence-electron chi connectivity index (χ4n) is 2.44. The van der Waals surface area contributed by atoms with Crippen molar-refractivity contribution in [2.75, 3.05) is 18.9 Å². The van der Waals surface area contributed by atoms with Crippen molar-refractivity contribution < 1.29 is 9.59 Å². The lowest BCUT2D eigenvalue weighted by Crippen LogP contribution is -2.35. The highest BCUT2D eigenvalue weighted by Gasteiger charge is 2.18. The van der Waals surface area contributed by atoms with E-state index in [0.29, 0.717) is 23.6 Å². The van der Waals surface area contributed by atoms with Gasteiger partial charge < -0.3 is 10.2 Å². The molecule has 1 aliphatic carbocycles. The molecule has 0 radical (unpaired) electrons. The predicted molar refractivity (Wildman–Crippen MR) is 87.1 cm³/mol. The molecule has 0 aromatic heterocycles. The number of anilines is 1. The molecule has 0 heterocycles. The maximum atomic E-state index is 12.1. The molecule has 1 aromatic carbocycles. The standard InChI is InChI=1S/C18H20N2O2/c1-3-14-9-6-10-16(11-14)19-17(21)13-20(2)18(22)12-15-7-4-5-8-15/h1,4,6-7,9-11,15H,5,8,12-13H2,2H3,(H,19,21). The van der Waals surface area contributed by atoms with Gasteiger partial charge >= 0.3 is 0 Å². The van der Waals surface area contributed by atoms with E-state index >= 15 is 0 Å². The van der Waals surface area contributed by atoms with E-state index in [4.69, 9.17) is 6.42 Å². The molecule has 2 rings (SSSR count). The first-order valence-electron chi connectivity index (χ1n) is 7.35. The summed E-state index contributed by atoms with van der Waals surface area (Å²) in [5.74, 6) is 2.59. The fourth-order valence-corrected chi connectivity index (χ4v) is 2.44. The van der Waals surface area contributed by atoms with Crippen molar-refractivity contribution in [3.05, 3.63) is 42.0 Å². The molecule has 1 unspecified atom stereocenters. The van der Waals surface area contributed by atoms with E-state index in [1.54, 1.807) is 31.3 Å². The maximum absolute atomic E-state index is 12.1. The number of terminal acetylenes is 1. The quantitative estimate of drug-likeness (QED) is 0.670. The van der Waals surface area contributed by atoms with Gasteiger partial charge in [-0.1, -0.05) is 24.1 Å². The van der Waals surface area contributed by atoms with Gasteiger partial charge in [0.15, 0.2) is 0 Å². The average Bonchev–Trinajstić information content (AvgIpc) is 3.00. The van der Waals surface area contributed by atoms with E-state index in [9.17, 15) is 9.59 Å². The van der Waals surface area contributed by atoms with Gasteiger partial charge in [0.25, 0.3) is 0 Å². The van der Waals surface area contributed by atoms with Crippen molar-refractivity contribution in [1.82, 2.24) is 4.90 Å². The number of hydrogen-bond donors (Lipinski definition) is 1. The summed E-state index contributed by atoms with van der Waals surface area (Å²) in [5, 5.41) is 2.75. The Labute approximate surface area is 131 Å². The van der Waals surface area contributed by atoms with Gasteiger partial charge in [-0.25, -0.2) is 0 Å². The molecule has 0 fully saturated rings. The molecule has 0 saturated carbocycles. The first-order valence-corrected chi connectivity index (χ1v) is 7.35. The van der Waals surface area contributed by atoms with E-state index in [1.165, 1.54) is 4.90 Å². The number of rotatable bonds is 5. The summed E-state index contributed by atoms with van der Waals surface area (Å²) in [6.07, 6.45) is 12.0. The molecule has 22 heavy (non-hydrogen) atoms. The van der Waals surface area contributed by atoms with Crippen LogP contribution in [0.1, 0.15) is 24.8 Å². The number of hydrogen-bond acceptors (Lipinski definition) is 2. The number of likely N-dealkylation sites (N-methyl/N-ethyl adjacent to an activating group) is 1. The summed E-state index contributed by atoms with van der Waals surface area (Å²) in [6, 6.07) is 7.07. The Morgan fingerprint density at radius 2 is 2.27 bits per heavy atom. The maximum Gasteiger partial charge on any atom is 0.243 e. The highest BCUT2D eigenvalue weighted by atomic mass is 16.2. The van der Waals surface area contributed by atoms with Crippen LogP contribution in [0.15, 0.2) is 36.4 Å². The van der Waals surface area contributed by atoms with E-state index in [2.05, 4.69) is 23.4 Å². The third-order valence-electron chi connectivity index (χ3n) is 3.67. The molecule has 4 heteroatoms. The number of carbonyl (C=O) groups is 2. The molecule has 0 saturated heterocycles. The van der Waals surface area contributed by atoms with Crippen LogP contribution in [0.5, 0.6) is 0 Å². The van der Waals surface area contributed by atoms with Crippen LogP contribution in [-0.2, 0) is 9.59 Å².